The molecule has 0 bridgehead atoms. The molecular weight excluding hydrogens is 170 g/mol. The van der Waals surface area contributed by atoms with Crippen molar-refractivity contribution >= 4 is 5.69 Å². The van der Waals surface area contributed by atoms with Gasteiger partial charge in [0.05, 0.1) is 20.6 Å². The van der Waals surface area contributed by atoms with E-state index < -0.39 is 0 Å². The molecule has 0 aliphatic carbocycles. The lowest BCUT2D eigenvalue weighted by molar-refractivity contribution is -0.00000241. The van der Waals surface area contributed by atoms with Crippen LogP contribution in [-0.2, 0) is 6.42 Å². The molecule has 1 nitrogen and oxygen atoms in total. The number of benzene rings is 1. The van der Waals surface area contributed by atoms with Crippen molar-refractivity contribution in [1.29, 1.82) is 0 Å². The summed E-state index contributed by atoms with van der Waals surface area (Å²) in [4.78, 5) is 0. The molecule has 1 aromatic rings. The van der Waals surface area contributed by atoms with Gasteiger partial charge >= 0.3 is 0 Å². The fourth-order valence-electron chi connectivity index (χ4n) is 1.83. The van der Waals surface area contributed by atoms with E-state index in [1.54, 1.807) is 0 Å². The van der Waals surface area contributed by atoms with Gasteiger partial charge in [-0.1, -0.05) is 18.2 Å². The van der Waals surface area contributed by atoms with Crippen LogP contribution in [0.2, 0.25) is 0 Å². The van der Waals surface area contributed by atoms with Gasteiger partial charge in [0.2, 0.25) is 0 Å². The highest BCUT2D eigenvalue weighted by Crippen LogP contribution is 2.30. The predicted octanol–water partition coefficient (Wildman–Crippen LogP) is -1.19. The fourth-order valence-corrected chi connectivity index (χ4v) is 1.83. The van der Waals surface area contributed by atoms with Crippen LogP contribution in [0.25, 0.3) is 0 Å². The zero-order chi connectivity index (χ0) is 7.90. The number of likely N-dealkylation sites (N-methyl/N-ethyl adjacent to an activating group) is 1. The van der Waals surface area contributed by atoms with Crippen molar-refractivity contribution in [2.75, 3.05) is 20.6 Å². The van der Waals surface area contributed by atoms with Crippen LogP contribution in [0.1, 0.15) is 5.56 Å². The summed E-state index contributed by atoms with van der Waals surface area (Å²) in [6.07, 6.45) is 1.24. The zero-order valence-corrected chi connectivity index (χ0v) is 8.30. The van der Waals surface area contributed by atoms with E-state index in [-0.39, 0.29) is 12.4 Å². The smallest absolute Gasteiger partial charge is 0.135 e. The third kappa shape index (κ3) is 1.35. The van der Waals surface area contributed by atoms with E-state index in [1.165, 1.54) is 24.2 Å². The number of quaternary nitrogens is 1. The Bertz CT molecular complexity index is 281. The van der Waals surface area contributed by atoms with Crippen LogP contribution in [0.15, 0.2) is 24.3 Å². The molecule has 0 N–H and O–H groups in total. The van der Waals surface area contributed by atoms with Crippen molar-refractivity contribution in [3.63, 3.8) is 0 Å². The van der Waals surface area contributed by atoms with Gasteiger partial charge in [-0.05, 0) is 6.07 Å². The summed E-state index contributed by atoms with van der Waals surface area (Å²) in [6, 6.07) is 8.74. The van der Waals surface area contributed by atoms with E-state index >= 15 is 0 Å². The molecule has 0 fully saturated rings. The molecule has 0 saturated heterocycles. The van der Waals surface area contributed by atoms with Crippen molar-refractivity contribution in [3.05, 3.63) is 29.8 Å². The standard InChI is InChI=1S/C10H14N.ClH/c1-11(2)8-7-9-5-3-4-6-10(9)11;/h3-6H,7-8H2,1-2H3;1H/q+1;/p-1. The van der Waals surface area contributed by atoms with Crippen LogP contribution in [0.3, 0.4) is 0 Å². The summed E-state index contributed by atoms with van der Waals surface area (Å²) in [5.74, 6) is 0. The average Bonchev–Trinajstić information content (AvgIpc) is 2.29. The van der Waals surface area contributed by atoms with Gasteiger partial charge in [-0.3, -0.25) is 4.48 Å². The first-order valence-electron chi connectivity index (χ1n) is 4.12. The Morgan fingerprint density at radius 3 is 2.50 bits per heavy atom. The van der Waals surface area contributed by atoms with E-state index in [4.69, 9.17) is 0 Å². The average molecular weight is 184 g/mol. The minimum Gasteiger partial charge on any atom is -1.00 e. The van der Waals surface area contributed by atoms with Crippen LogP contribution in [-0.4, -0.2) is 20.6 Å². The normalized spacial score (nSPS) is 18.2. The maximum atomic E-state index is 2.27. The van der Waals surface area contributed by atoms with Crippen LogP contribution >= 0.6 is 0 Å². The lowest BCUT2D eigenvalue weighted by atomic mass is 10.2. The lowest BCUT2D eigenvalue weighted by Crippen LogP contribution is -3.00. The highest BCUT2D eigenvalue weighted by atomic mass is 35.5. The molecule has 1 aliphatic rings. The van der Waals surface area contributed by atoms with Crippen molar-refractivity contribution in [1.82, 2.24) is 4.48 Å². The largest absolute Gasteiger partial charge is 1.00 e. The van der Waals surface area contributed by atoms with Crippen molar-refractivity contribution < 1.29 is 12.4 Å². The maximum absolute atomic E-state index is 2.27. The Morgan fingerprint density at radius 2 is 1.83 bits per heavy atom. The second kappa shape index (κ2) is 3.08. The molecule has 0 unspecified atom stereocenters. The predicted molar refractivity (Wildman–Crippen MR) is 48.7 cm³/mol. The van der Waals surface area contributed by atoms with E-state index in [9.17, 15) is 0 Å². The van der Waals surface area contributed by atoms with Gasteiger partial charge < -0.3 is 12.4 Å². The lowest BCUT2D eigenvalue weighted by Gasteiger charge is -2.23. The minimum absolute atomic E-state index is 0. The van der Waals surface area contributed by atoms with Crippen molar-refractivity contribution in [2.24, 2.45) is 0 Å². The summed E-state index contributed by atoms with van der Waals surface area (Å²) in [6.45, 7) is 1.25. The van der Waals surface area contributed by atoms with Gasteiger partial charge in [0, 0.05) is 12.0 Å². The Labute approximate surface area is 80.0 Å². The molecule has 0 spiro atoms. The summed E-state index contributed by atoms with van der Waals surface area (Å²) < 4.78 is 1.05. The summed E-state index contributed by atoms with van der Waals surface area (Å²) >= 11 is 0. The van der Waals surface area contributed by atoms with Gasteiger partial charge in [0.25, 0.3) is 0 Å². The molecule has 0 saturated carbocycles. The maximum Gasteiger partial charge on any atom is 0.135 e. The summed E-state index contributed by atoms with van der Waals surface area (Å²) in [5, 5.41) is 0. The molecule has 1 aliphatic heterocycles. The summed E-state index contributed by atoms with van der Waals surface area (Å²) in [5.41, 5.74) is 3.02. The van der Waals surface area contributed by atoms with Crippen LogP contribution in [0.4, 0.5) is 5.69 Å². The molecule has 66 valence electrons. The number of nitrogens with zero attached hydrogens (tertiary/aromatic N) is 1. The number of hydrogen-bond donors (Lipinski definition) is 0. The number of halogens is 1. The van der Waals surface area contributed by atoms with Crippen molar-refractivity contribution in [3.8, 4) is 0 Å². The highest BCUT2D eigenvalue weighted by Gasteiger charge is 2.28. The van der Waals surface area contributed by atoms with Gasteiger partial charge in [-0.15, -0.1) is 0 Å². The van der Waals surface area contributed by atoms with E-state index in [2.05, 4.69) is 38.4 Å². The molecule has 2 heteroatoms. The quantitative estimate of drug-likeness (QED) is 0.444. The molecule has 0 radical (unpaired) electrons. The van der Waals surface area contributed by atoms with Gasteiger partial charge in [-0.2, -0.15) is 0 Å². The number of fused-ring (bicyclic) bond motifs is 1. The Kier molecular flexibility index (Phi) is 2.45. The Hall–Kier alpha value is -0.530. The zero-order valence-electron chi connectivity index (χ0n) is 7.55. The van der Waals surface area contributed by atoms with Gasteiger partial charge in [-0.25, -0.2) is 0 Å². The molecule has 1 heterocycles. The monoisotopic (exact) mass is 183 g/mol. The SMILES string of the molecule is C[N+]1(C)CCc2ccccc21.[Cl-]. The number of para-hydroxylation sites is 1. The van der Waals surface area contributed by atoms with Crippen molar-refractivity contribution in [2.45, 2.75) is 6.42 Å². The number of hydrogen-bond acceptors (Lipinski definition) is 0. The van der Waals surface area contributed by atoms with E-state index in [0.29, 0.717) is 0 Å². The highest BCUT2D eigenvalue weighted by molar-refractivity contribution is 5.53. The van der Waals surface area contributed by atoms with Gasteiger partial charge in [0.15, 0.2) is 0 Å². The topological polar surface area (TPSA) is 0 Å². The molecule has 0 aromatic heterocycles. The first-order chi connectivity index (χ1) is 5.20. The van der Waals surface area contributed by atoms with Crippen LogP contribution < -0.4 is 16.9 Å². The van der Waals surface area contributed by atoms with E-state index in [0.717, 1.165) is 4.48 Å². The number of rotatable bonds is 0. The third-order valence-corrected chi connectivity index (χ3v) is 2.58. The molecule has 1 aromatic carbocycles. The van der Waals surface area contributed by atoms with Crippen LogP contribution in [0.5, 0.6) is 0 Å². The summed E-state index contributed by atoms with van der Waals surface area (Å²) in [7, 11) is 4.54. The molecular formula is C10H14ClN. The second-order valence-electron chi connectivity index (χ2n) is 3.79. The molecule has 0 amide bonds. The first-order valence-corrected chi connectivity index (χ1v) is 4.12. The van der Waals surface area contributed by atoms with Gasteiger partial charge in [0.1, 0.15) is 5.69 Å². The fraction of sp³-hybridized carbons (Fsp3) is 0.400. The Balaban J connectivity index is 0.000000720. The minimum atomic E-state index is 0. The first kappa shape index (κ1) is 9.56. The molecule has 0 atom stereocenters. The third-order valence-electron chi connectivity index (χ3n) is 2.58. The molecule has 12 heavy (non-hydrogen) atoms. The van der Waals surface area contributed by atoms with Crippen LogP contribution in [0, 0.1) is 0 Å². The second-order valence-corrected chi connectivity index (χ2v) is 3.79. The van der Waals surface area contributed by atoms with E-state index in [1.807, 2.05) is 0 Å². The Morgan fingerprint density at radius 1 is 1.17 bits per heavy atom. The molecule has 2 rings (SSSR count).